The van der Waals surface area contributed by atoms with Gasteiger partial charge in [0.2, 0.25) is 0 Å². The Morgan fingerprint density at radius 2 is 1.50 bits per heavy atom. The molecule has 96 valence electrons. The lowest BCUT2D eigenvalue weighted by Gasteiger charge is -2.29. The molecule has 0 spiro atoms. The molecule has 0 radical (unpaired) electrons. The van der Waals surface area contributed by atoms with E-state index in [1.807, 2.05) is 0 Å². The Kier molecular flexibility index (Phi) is 7.25. The minimum absolute atomic E-state index is 0.771. The molecule has 0 rings (SSSR count). The van der Waals surface area contributed by atoms with Gasteiger partial charge in [0, 0.05) is 13.1 Å². The van der Waals surface area contributed by atoms with Crippen LogP contribution in [0.4, 0.5) is 0 Å². The third-order valence-corrected chi connectivity index (χ3v) is 5.49. The molecule has 0 aliphatic rings. The van der Waals surface area contributed by atoms with E-state index in [9.17, 15) is 0 Å². The molecule has 0 saturated carbocycles. The summed E-state index contributed by atoms with van der Waals surface area (Å²) in [5.41, 5.74) is 2.22. The van der Waals surface area contributed by atoms with E-state index in [-0.39, 0.29) is 0 Å². The maximum atomic E-state index is 3.98. The zero-order valence-corrected chi connectivity index (χ0v) is 13.2. The van der Waals surface area contributed by atoms with E-state index in [1.54, 1.807) is 0 Å². The number of hydrogen-bond donors (Lipinski definition) is 0. The molecule has 0 aromatic rings. The molecule has 0 saturated heterocycles. The van der Waals surface area contributed by atoms with Crippen molar-refractivity contribution in [3.8, 4) is 0 Å². The second-order valence-corrected chi connectivity index (χ2v) is 11.4. The van der Waals surface area contributed by atoms with Crippen LogP contribution in [0.2, 0.25) is 19.1 Å². The third kappa shape index (κ3) is 8.11. The fourth-order valence-corrected chi connectivity index (χ4v) is 2.93. The molecule has 0 aromatic heterocycles. The van der Waals surface area contributed by atoms with Crippen LogP contribution in [0.3, 0.4) is 0 Å². The van der Waals surface area contributed by atoms with Gasteiger partial charge in [0.25, 0.3) is 0 Å². The van der Waals surface area contributed by atoms with Crippen molar-refractivity contribution in [1.82, 2.24) is 4.90 Å². The first-order valence-electron chi connectivity index (χ1n) is 6.63. The highest BCUT2D eigenvalue weighted by atomic mass is 28.3. The summed E-state index contributed by atoms with van der Waals surface area (Å²) in [5.74, 6) is 1.54. The van der Waals surface area contributed by atoms with Crippen LogP contribution >= 0.6 is 0 Å². The average Bonchev–Trinajstić information content (AvgIpc) is 2.13. The van der Waals surface area contributed by atoms with Crippen molar-refractivity contribution in [3.63, 3.8) is 0 Å². The van der Waals surface area contributed by atoms with Gasteiger partial charge < -0.3 is 4.90 Å². The van der Waals surface area contributed by atoms with Gasteiger partial charge in [-0.25, -0.2) is 0 Å². The van der Waals surface area contributed by atoms with Crippen molar-refractivity contribution in [1.29, 1.82) is 0 Å². The molecule has 0 amide bonds. The molecular weight excluding hydrogens is 210 g/mol. The SMILES string of the molecule is C=C[Si](C)(C)CCN(CC(C)C)CC(C)C. The Balaban J connectivity index is 4.15. The van der Waals surface area contributed by atoms with E-state index >= 15 is 0 Å². The monoisotopic (exact) mass is 241 g/mol. The number of nitrogens with zero attached hydrogens (tertiary/aromatic N) is 1. The minimum Gasteiger partial charge on any atom is -0.303 e. The third-order valence-electron chi connectivity index (χ3n) is 2.87. The molecule has 0 aromatic carbocycles. The molecule has 2 heteroatoms. The zero-order chi connectivity index (χ0) is 12.8. The first-order chi connectivity index (χ1) is 7.26. The summed E-state index contributed by atoms with van der Waals surface area (Å²) in [7, 11) is -1.12. The van der Waals surface area contributed by atoms with E-state index in [2.05, 4.69) is 58.0 Å². The second-order valence-electron chi connectivity index (χ2n) is 6.49. The van der Waals surface area contributed by atoms with Gasteiger partial charge in [-0.2, -0.15) is 0 Å². The second kappa shape index (κ2) is 7.28. The van der Waals surface area contributed by atoms with Crippen LogP contribution in [0.1, 0.15) is 27.7 Å². The Labute approximate surface area is 104 Å². The van der Waals surface area contributed by atoms with Crippen LogP contribution < -0.4 is 0 Å². The van der Waals surface area contributed by atoms with Crippen LogP contribution in [0.15, 0.2) is 12.3 Å². The molecule has 0 fully saturated rings. The van der Waals surface area contributed by atoms with E-state index in [4.69, 9.17) is 0 Å². The molecule has 0 atom stereocenters. The zero-order valence-electron chi connectivity index (χ0n) is 12.2. The van der Waals surface area contributed by atoms with Gasteiger partial charge in [0.05, 0.1) is 8.07 Å². The number of rotatable bonds is 8. The summed E-state index contributed by atoms with van der Waals surface area (Å²) in [6, 6.07) is 1.34. The Bertz CT molecular complexity index is 187. The quantitative estimate of drug-likeness (QED) is 0.580. The molecule has 0 aliphatic carbocycles. The van der Waals surface area contributed by atoms with Crippen LogP contribution in [-0.2, 0) is 0 Å². The van der Waals surface area contributed by atoms with Gasteiger partial charge in [-0.05, 0) is 24.4 Å². The van der Waals surface area contributed by atoms with Gasteiger partial charge in [0.1, 0.15) is 0 Å². The van der Waals surface area contributed by atoms with Crippen LogP contribution in [0, 0.1) is 11.8 Å². The molecule has 0 N–H and O–H groups in total. The van der Waals surface area contributed by atoms with Gasteiger partial charge in [-0.15, -0.1) is 12.3 Å². The summed E-state index contributed by atoms with van der Waals surface area (Å²) >= 11 is 0. The van der Waals surface area contributed by atoms with Crippen molar-refractivity contribution >= 4 is 8.07 Å². The molecule has 0 unspecified atom stereocenters. The summed E-state index contributed by atoms with van der Waals surface area (Å²) < 4.78 is 0. The lowest BCUT2D eigenvalue weighted by Crippen LogP contribution is -2.36. The van der Waals surface area contributed by atoms with Crippen molar-refractivity contribution in [2.45, 2.75) is 46.8 Å². The molecule has 0 heterocycles. The largest absolute Gasteiger partial charge is 0.303 e. The lowest BCUT2D eigenvalue weighted by atomic mass is 10.1. The summed E-state index contributed by atoms with van der Waals surface area (Å²) in [6.45, 7) is 21.7. The predicted octanol–water partition coefficient (Wildman–Crippen LogP) is 4.03. The van der Waals surface area contributed by atoms with E-state index in [1.165, 1.54) is 25.7 Å². The van der Waals surface area contributed by atoms with Crippen LogP contribution in [-0.4, -0.2) is 32.6 Å². The van der Waals surface area contributed by atoms with Gasteiger partial charge >= 0.3 is 0 Å². The topological polar surface area (TPSA) is 3.24 Å². The van der Waals surface area contributed by atoms with Crippen LogP contribution in [0.25, 0.3) is 0 Å². The fraction of sp³-hybridized carbons (Fsp3) is 0.857. The van der Waals surface area contributed by atoms with Crippen molar-refractivity contribution in [2.24, 2.45) is 11.8 Å². The van der Waals surface area contributed by atoms with Crippen molar-refractivity contribution in [2.75, 3.05) is 19.6 Å². The maximum absolute atomic E-state index is 3.98. The Morgan fingerprint density at radius 1 is 1.06 bits per heavy atom. The van der Waals surface area contributed by atoms with Gasteiger partial charge in [0.15, 0.2) is 0 Å². The summed E-state index contributed by atoms with van der Waals surface area (Å²) in [5, 5.41) is 0. The normalized spacial score (nSPS) is 12.8. The molecule has 0 bridgehead atoms. The van der Waals surface area contributed by atoms with E-state index < -0.39 is 8.07 Å². The van der Waals surface area contributed by atoms with Crippen molar-refractivity contribution in [3.05, 3.63) is 12.3 Å². The maximum Gasteiger partial charge on any atom is 0.0722 e. The van der Waals surface area contributed by atoms with Gasteiger partial charge in [-0.1, -0.05) is 40.8 Å². The smallest absolute Gasteiger partial charge is 0.0722 e. The molecule has 0 aliphatic heterocycles. The summed E-state index contributed by atoms with van der Waals surface area (Å²) in [6.07, 6.45) is 0. The highest BCUT2D eigenvalue weighted by Gasteiger charge is 2.18. The molecule has 16 heavy (non-hydrogen) atoms. The van der Waals surface area contributed by atoms with E-state index in [0.717, 1.165) is 11.8 Å². The average molecular weight is 241 g/mol. The Hall–Kier alpha value is -0.0831. The fourth-order valence-electron chi connectivity index (χ4n) is 1.84. The Morgan fingerprint density at radius 3 is 1.81 bits per heavy atom. The minimum atomic E-state index is -1.12. The van der Waals surface area contributed by atoms with Crippen molar-refractivity contribution < 1.29 is 0 Å². The van der Waals surface area contributed by atoms with E-state index in [0.29, 0.717) is 0 Å². The standard InChI is InChI=1S/C14H31NSi/c1-8-16(6,7)10-9-15(11-13(2)3)12-14(4)5/h8,13-14H,1,9-12H2,2-7H3. The lowest BCUT2D eigenvalue weighted by molar-refractivity contribution is 0.229. The van der Waals surface area contributed by atoms with Crippen LogP contribution in [0.5, 0.6) is 0 Å². The first kappa shape index (κ1) is 15.9. The number of hydrogen-bond acceptors (Lipinski definition) is 1. The summed E-state index contributed by atoms with van der Waals surface area (Å²) in [4.78, 5) is 2.63. The molecular formula is C14H31NSi. The molecule has 1 nitrogen and oxygen atoms in total. The highest BCUT2D eigenvalue weighted by Crippen LogP contribution is 2.13. The predicted molar refractivity (Wildman–Crippen MR) is 78.6 cm³/mol. The highest BCUT2D eigenvalue weighted by molar-refractivity contribution is 6.82. The van der Waals surface area contributed by atoms with Gasteiger partial charge in [-0.3, -0.25) is 0 Å². The first-order valence-corrected chi connectivity index (χ1v) is 9.91.